The molecule has 0 aliphatic carbocycles. The normalized spacial score (nSPS) is 14.9. The molecule has 1 aromatic rings. The van der Waals surface area contributed by atoms with E-state index in [2.05, 4.69) is 5.32 Å². The molecule has 1 aromatic carbocycles. The minimum atomic E-state index is -4.23. The van der Waals surface area contributed by atoms with Crippen LogP contribution in [0.15, 0.2) is 18.2 Å². The van der Waals surface area contributed by atoms with Gasteiger partial charge in [-0.25, -0.2) is 13.9 Å². The van der Waals surface area contributed by atoms with Gasteiger partial charge in [-0.15, -0.1) is 0 Å². The van der Waals surface area contributed by atoms with Gasteiger partial charge in [-0.2, -0.15) is 0 Å². The third-order valence-corrected chi connectivity index (χ3v) is 5.20. The van der Waals surface area contributed by atoms with Gasteiger partial charge in [0.15, 0.2) is 6.79 Å². The average Bonchev–Trinajstić information content (AvgIpc) is 2.69. The quantitative estimate of drug-likeness (QED) is 0.148. The molecule has 0 aliphatic heterocycles. The molecule has 0 saturated carbocycles. The zero-order valence-electron chi connectivity index (χ0n) is 21.3. The number of nitrogens with one attached hydrogen (secondary N) is 1. The van der Waals surface area contributed by atoms with E-state index in [0.717, 1.165) is 6.42 Å². The number of aliphatic hydroxyl groups is 1. The van der Waals surface area contributed by atoms with Crippen molar-refractivity contribution in [3.8, 4) is 5.75 Å². The fraction of sp³-hybridized carbons (Fsp3) is 0.696. The van der Waals surface area contributed by atoms with Crippen LogP contribution < -0.4 is 10.1 Å². The number of aliphatic hydroxyl groups excluding tert-OH is 1. The van der Waals surface area contributed by atoms with Crippen LogP contribution in [-0.4, -0.2) is 47.2 Å². The second-order valence-electron chi connectivity index (χ2n) is 9.77. The predicted molar refractivity (Wildman–Crippen MR) is 127 cm³/mol. The molecule has 34 heavy (non-hydrogen) atoms. The van der Waals surface area contributed by atoms with Crippen LogP contribution in [-0.2, 0) is 29.7 Å². The highest BCUT2D eigenvalue weighted by Gasteiger charge is 2.25. The zero-order chi connectivity index (χ0) is 26.0. The van der Waals surface area contributed by atoms with E-state index in [1.807, 2.05) is 27.7 Å². The minimum absolute atomic E-state index is 0.0997. The van der Waals surface area contributed by atoms with Crippen molar-refractivity contribution >= 4 is 14.0 Å². The van der Waals surface area contributed by atoms with Crippen molar-refractivity contribution in [3.63, 3.8) is 0 Å². The molecule has 0 bridgehead atoms. The summed E-state index contributed by atoms with van der Waals surface area (Å²) >= 11 is 0. The molecule has 196 valence electrons. The molecule has 0 aromatic heterocycles. The molecule has 0 fully saturated rings. The molecule has 2 unspecified atom stereocenters. The Bertz CT molecular complexity index is 818. The number of hydrogen-bond donors (Lipinski definition) is 3. The van der Waals surface area contributed by atoms with Crippen LogP contribution in [0, 0.1) is 0 Å². The summed E-state index contributed by atoms with van der Waals surface area (Å²) in [7, 11) is -4.23. The number of phosphoric ester groups is 1. The maximum absolute atomic E-state index is 12.3. The van der Waals surface area contributed by atoms with Crippen molar-refractivity contribution in [2.45, 2.75) is 85.2 Å². The Morgan fingerprint density at radius 2 is 1.82 bits per heavy atom. The number of unbranched alkanes of at least 4 members (excludes halogenated alkanes) is 1. The van der Waals surface area contributed by atoms with Crippen molar-refractivity contribution in [2.75, 3.05) is 19.9 Å². The molecular formula is C23H40NO9P. The third kappa shape index (κ3) is 12.7. The van der Waals surface area contributed by atoms with E-state index in [-0.39, 0.29) is 24.5 Å². The number of rotatable bonds is 13. The topological polar surface area (TPSA) is 133 Å². The molecule has 2 atom stereocenters. The first-order chi connectivity index (χ1) is 15.7. The van der Waals surface area contributed by atoms with Gasteiger partial charge >= 0.3 is 14.0 Å². The summed E-state index contributed by atoms with van der Waals surface area (Å²) in [4.78, 5) is 22.0. The number of benzene rings is 1. The molecule has 0 aliphatic rings. The summed E-state index contributed by atoms with van der Waals surface area (Å²) in [6.45, 7) is 12.6. The molecule has 10 nitrogen and oxygen atoms in total. The Balaban J connectivity index is 2.94. The summed E-state index contributed by atoms with van der Waals surface area (Å²) in [5.74, 6) is 0.250. The van der Waals surface area contributed by atoms with E-state index in [0.29, 0.717) is 24.1 Å². The van der Waals surface area contributed by atoms with E-state index < -0.39 is 32.5 Å². The maximum Gasteiger partial charge on any atom is 0.509 e. The molecule has 0 heterocycles. The predicted octanol–water partition coefficient (Wildman–Crippen LogP) is 4.83. The van der Waals surface area contributed by atoms with Crippen LogP contribution in [0.25, 0.3) is 0 Å². The summed E-state index contributed by atoms with van der Waals surface area (Å²) in [5, 5.41) is 13.1. The molecule has 0 saturated heterocycles. The molecule has 0 radical (unpaired) electrons. The Kier molecular flexibility index (Phi) is 12.0. The van der Waals surface area contributed by atoms with Crippen LogP contribution in [0.1, 0.15) is 78.5 Å². The van der Waals surface area contributed by atoms with Crippen molar-refractivity contribution < 1.29 is 42.6 Å². The Labute approximate surface area is 202 Å². The summed E-state index contributed by atoms with van der Waals surface area (Å²) in [6, 6.07) is 4.86. The fourth-order valence-corrected chi connectivity index (χ4v) is 3.22. The van der Waals surface area contributed by atoms with Crippen LogP contribution in [0.3, 0.4) is 0 Å². The van der Waals surface area contributed by atoms with Gasteiger partial charge in [0.2, 0.25) is 0 Å². The first-order valence-corrected chi connectivity index (χ1v) is 12.8. The largest absolute Gasteiger partial charge is 0.509 e. The van der Waals surface area contributed by atoms with E-state index in [9.17, 15) is 19.4 Å². The number of carbonyl (C=O) groups excluding carboxylic acids is 1. The SMILES string of the molecule is CCCCOP(=O)(O)OCOc1ccc(C(CNC(C)(C)C)OC(=O)OC(C)(C)C)cc1CO. The van der Waals surface area contributed by atoms with E-state index >= 15 is 0 Å². The lowest BCUT2D eigenvalue weighted by atomic mass is 10.0. The van der Waals surface area contributed by atoms with Gasteiger partial charge in [0.25, 0.3) is 0 Å². The maximum atomic E-state index is 12.3. The zero-order valence-corrected chi connectivity index (χ0v) is 22.1. The fourth-order valence-electron chi connectivity index (χ4n) is 2.60. The van der Waals surface area contributed by atoms with Crippen molar-refractivity contribution in [3.05, 3.63) is 29.3 Å². The lowest BCUT2D eigenvalue weighted by molar-refractivity contribution is -0.0282. The second-order valence-corrected chi connectivity index (χ2v) is 11.2. The number of hydrogen-bond acceptors (Lipinski definition) is 9. The van der Waals surface area contributed by atoms with Gasteiger partial charge in [0, 0.05) is 17.6 Å². The molecule has 1 rings (SSSR count). The van der Waals surface area contributed by atoms with E-state index in [1.54, 1.807) is 39.0 Å². The number of phosphoric acid groups is 1. The summed E-state index contributed by atoms with van der Waals surface area (Å²) in [5.41, 5.74) is 0.0528. The Morgan fingerprint density at radius 3 is 2.38 bits per heavy atom. The van der Waals surface area contributed by atoms with Gasteiger partial charge in [-0.3, -0.25) is 4.52 Å². The van der Waals surface area contributed by atoms with Crippen molar-refractivity contribution in [2.24, 2.45) is 0 Å². The van der Waals surface area contributed by atoms with Gasteiger partial charge in [-0.05, 0) is 65.7 Å². The molecule has 0 amide bonds. The first kappa shape index (κ1) is 30.4. The summed E-state index contributed by atoms with van der Waals surface area (Å²) in [6.07, 6.45) is -0.0720. The highest BCUT2D eigenvalue weighted by molar-refractivity contribution is 7.47. The average molecular weight is 506 g/mol. The van der Waals surface area contributed by atoms with Crippen molar-refractivity contribution in [1.82, 2.24) is 5.32 Å². The standard InChI is InChI=1S/C23H40NO9P/c1-8-9-12-30-34(27,28)31-16-29-19-11-10-17(13-18(19)15-25)20(14-24-22(2,3)4)32-21(26)33-23(5,6)7/h10-11,13,20,24-25H,8-9,12,14-16H2,1-7H3,(H,27,28). The van der Waals surface area contributed by atoms with Gasteiger partial charge in [0.05, 0.1) is 13.2 Å². The Hall–Kier alpha value is -1.68. The summed E-state index contributed by atoms with van der Waals surface area (Å²) < 4.78 is 37.8. The van der Waals surface area contributed by atoms with Gasteiger partial charge in [-0.1, -0.05) is 19.4 Å². The molecule has 0 spiro atoms. The first-order valence-electron chi connectivity index (χ1n) is 11.3. The lowest BCUT2D eigenvalue weighted by Crippen LogP contribution is -2.39. The van der Waals surface area contributed by atoms with Crippen LogP contribution in [0.2, 0.25) is 0 Å². The molecular weight excluding hydrogens is 465 g/mol. The van der Waals surface area contributed by atoms with Gasteiger partial charge < -0.3 is 29.5 Å². The Morgan fingerprint density at radius 1 is 1.15 bits per heavy atom. The van der Waals surface area contributed by atoms with Gasteiger partial charge in [0.1, 0.15) is 17.5 Å². The highest BCUT2D eigenvalue weighted by atomic mass is 31.2. The third-order valence-electron chi connectivity index (χ3n) is 4.26. The monoisotopic (exact) mass is 505 g/mol. The molecule has 3 N–H and O–H groups in total. The smallest absolute Gasteiger partial charge is 0.467 e. The second kappa shape index (κ2) is 13.4. The van der Waals surface area contributed by atoms with E-state index in [1.165, 1.54) is 0 Å². The van der Waals surface area contributed by atoms with Crippen LogP contribution in [0.5, 0.6) is 5.75 Å². The van der Waals surface area contributed by atoms with Crippen LogP contribution >= 0.6 is 7.82 Å². The highest BCUT2D eigenvalue weighted by Crippen LogP contribution is 2.43. The number of ether oxygens (including phenoxy) is 3. The van der Waals surface area contributed by atoms with Crippen LogP contribution in [0.4, 0.5) is 4.79 Å². The number of carbonyl (C=O) groups is 1. The molecule has 11 heteroatoms. The van der Waals surface area contributed by atoms with E-state index in [4.69, 9.17) is 23.3 Å². The lowest BCUT2D eigenvalue weighted by Gasteiger charge is -2.27. The van der Waals surface area contributed by atoms with Crippen molar-refractivity contribution in [1.29, 1.82) is 0 Å². The minimum Gasteiger partial charge on any atom is -0.467 e.